The van der Waals surface area contributed by atoms with Crippen LogP contribution in [0, 0.1) is 0 Å². The number of hydrogen-bond donors (Lipinski definition) is 1. The monoisotopic (exact) mass is 338 g/mol. The van der Waals surface area contributed by atoms with Gasteiger partial charge in [-0.15, -0.1) is 0 Å². The molecule has 26 heavy (non-hydrogen) atoms. The van der Waals surface area contributed by atoms with E-state index in [0.29, 0.717) is 27.7 Å². The topological polar surface area (TPSA) is 50.4 Å². The molecule has 0 amide bonds. The second-order valence-corrected chi connectivity index (χ2v) is 6.34. The number of carbonyl (C=O) groups excluding carboxylic acids is 1. The highest BCUT2D eigenvalue weighted by molar-refractivity contribution is 6.14. The molecule has 5 rings (SSSR count). The predicted octanol–water partition coefficient (Wildman–Crippen LogP) is 5.92. The lowest BCUT2D eigenvalue weighted by Crippen LogP contribution is -1.83. The van der Waals surface area contributed by atoms with E-state index < -0.39 is 0 Å². The highest BCUT2D eigenvalue weighted by Gasteiger charge is 2.19. The van der Waals surface area contributed by atoms with Crippen LogP contribution in [-0.2, 0) is 0 Å². The Kier molecular flexibility index (Phi) is 3.09. The highest BCUT2D eigenvalue weighted by atomic mass is 16.3. The molecule has 1 N–H and O–H groups in total. The lowest BCUT2D eigenvalue weighted by molar-refractivity contribution is 0.112. The van der Waals surface area contributed by atoms with Crippen molar-refractivity contribution in [2.24, 2.45) is 0 Å². The minimum absolute atomic E-state index is 0.141. The Morgan fingerprint density at radius 2 is 1.50 bits per heavy atom. The van der Waals surface area contributed by atoms with Gasteiger partial charge in [0.05, 0.1) is 5.56 Å². The molecule has 0 radical (unpaired) electrons. The first kappa shape index (κ1) is 14.7. The summed E-state index contributed by atoms with van der Waals surface area (Å²) in [7, 11) is 0. The van der Waals surface area contributed by atoms with Crippen molar-refractivity contribution < 1.29 is 14.3 Å². The Hall–Kier alpha value is -3.59. The fourth-order valence-corrected chi connectivity index (χ4v) is 3.58. The Morgan fingerprint density at radius 1 is 0.769 bits per heavy atom. The Morgan fingerprint density at radius 3 is 2.31 bits per heavy atom. The number of furan rings is 1. The third-order valence-electron chi connectivity index (χ3n) is 4.84. The summed E-state index contributed by atoms with van der Waals surface area (Å²) in [5.74, 6) is 0.665. The number of carbonyl (C=O) groups is 1. The maximum Gasteiger partial charge on any atom is 0.154 e. The summed E-state index contributed by atoms with van der Waals surface area (Å²) in [6, 6.07) is 23.1. The molecule has 0 fully saturated rings. The first-order chi connectivity index (χ1) is 12.8. The van der Waals surface area contributed by atoms with Gasteiger partial charge in [0.1, 0.15) is 17.1 Å². The van der Waals surface area contributed by atoms with Gasteiger partial charge in [0.25, 0.3) is 0 Å². The van der Waals surface area contributed by atoms with E-state index in [1.165, 1.54) is 0 Å². The van der Waals surface area contributed by atoms with Crippen molar-refractivity contribution in [2.45, 2.75) is 0 Å². The van der Waals surface area contributed by atoms with Gasteiger partial charge in [-0.2, -0.15) is 0 Å². The van der Waals surface area contributed by atoms with Gasteiger partial charge < -0.3 is 9.52 Å². The zero-order valence-corrected chi connectivity index (χ0v) is 13.8. The number of phenols is 1. The van der Waals surface area contributed by atoms with E-state index in [9.17, 15) is 9.90 Å². The first-order valence-electron chi connectivity index (χ1n) is 8.38. The Bertz CT molecular complexity index is 1310. The average molecular weight is 338 g/mol. The maximum atomic E-state index is 11.8. The molecule has 0 saturated heterocycles. The van der Waals surface area contributed by atoms with Gasteiger partial charge >= 0.3 is 0 Å². The average Bonchev–Trinajstić information content (AvgIpc) is 3.06. The Labute approximate surface area is 149 Å². The minimum Gasteiger partial charge on any atom is -0.507 e. The number of aldehydes is 1. The fraction of sp³-hybridized carbons (Fsp3) is 0. The van der Waals surface area contributed by atoms with Crippen LogP contribution in [0.4, 0.5) is 0 Å². The van der Waals surface area contributed by atoms with Gasteiger partial charge in [-0.1, -0.05) is 60.7 Å². The molecule has 0 aliphatic carbocycles. The van der Waals surface area contributed by atoms with E-state index in [1.807, 2.05) is 66.7 Å². The van der Waals surface area contributed by atoms with E-state index >= 15 is 0 Å². The van der Waals surface area contributed by atoms with Crippen molar-refractivity contribution in [2.75, 3.05) is 0 Å². The molecule has 0 aliphatic heterocycles. The van der Waals surface area contributed by atoms with E-state index in [1.54, 1.807) is 6.07 Å². The second kappa shape index (κ2) is 5.46. The number of fused-ring (bicyclic) bond motifs is 4. The molecule has 124 valence electrons. The number of benzene rings is 4. The third-order valence-corrected chi connectivity index (χ3v) is 4.84. The fourth-order valence-electron chi connectivity index (χ4n) is 3.58. The van der Waals surface area contributed by atoms with Gasteiger partial charge in [-0.05, 0) is 22.9 Å². The summed E-state index contributed by atoms with van der Waals surface area (Å²) in [6.45, 7) is 0. The summed E-state index contributed by atoms with van der Waals surface area (Å²) in [5, 5.41) is 14.7. The number of rotatable bonds is 2. The smallest absolute Gasteiger partial charge is 0.154 e. The van der Waals surface area contributed by atoms with Crippen LogP contribution in [0.5, 0.6) is 5.75 Å². The van der Waals surface area contributed by atoms with Crippen LogP contribution in [0.1, 0.15) is 10.4 Å². The van der Waals surface area contributed by atoms with Crippen LogP contribution in [0.15, 0.2) is 77.2 Å². The molecular formula is C23H14O3. The van der Waals surface area contributed by atoms with E-state index in [2.05, 4.69) is 0 Å². The SMILES string of the molecule is O=Cc1c(-c2ccc3ccccc3c2)oc2c1cc(O)c1ccccc12. The molecule has 4 aromatic carbocycles. The van der Waals surface area contributed by atoms with E-state index in [0.717, 1.165) is 28.0 Å². The summed E-state index contributed by atoms with van der Waals surface area (Å²) in [4.78, 5) is 11.8. The van der Waals surface area contributed by atoms with Crippen molar-refractivity contribution in [3.63, 3.8) is 0 Å². The van der Waals surface area contributed by atoms with Crippen LogP contribution in [0.2, 0.25) is 0 Å². The largest absolute Gasteiger partial charge is 0.507 e. The third kappa shape index (κ3) is 2.04. The normalized spacial score (nSPS) is 11.4. The molecule has 3 heteroatoms. The Balaban J connectivity index is 1.87. The zero-order valence-electron chi connectivity index (χ0n) is 13.8. The molecule has 0 saturated carbocycles. The molecule has 0 atom stereocenters. The van der Waals surface area contributed by atoms with E-state index in [-0.39, 0.29) is 5.75 Å². The van der Waals surface area contributed by atoms with Crippen LogP contribution in [0.3, 0.4) is 0 Å². The van der Waals surface area contributed by atoms with Crippen LogP contribution in [-0.4, -0.2) is 11.4 Å². The van der Waals surface area contributed by atoms with Gasteiger partial charge in [0, 0.05) is 21.7 Å². The predicted molar refractivity (Wildman–Crippen MR) is 104 cm³/mol. The van der Waals surface area contributed by atoms with Crippen LogP contribution < -0.4 is 0 Å². The molecular weight excluding hydrogens is 324 g/mol. The molecule has 0 bridgehead atoms. The molecule has 3 nitrogen and oxygen atoms in total. The molecule has 0 unspecified atom stereocenters. The highest BCUT2D eigenvalue weighted by Crippen LogP contribution is 2.40. The number of aromatic hydroxyl groups is 1. The zero-order chi connectivity index (χ0) is 17.7. The number of phenolic OH excluding ortho intramolecular Hbond substituents is 1. The molecule has 1 heterocycles. The second-order valence-electron chi connectivity index (χ2n) is 6.34. The molecule has 5 aromatic rings. The van der Waals surface area contributed by atoms with Crippen LogP contribution >= 0.6 is 0 Å². The summed E-state index contributed by atoms with van der Waals surface area (Å²) in [5.41, 5.74) is 1.91. The minimum atomic E-state index is 0.141. The lowest BCUT2D eigenvalue weighted by atomic mass is 10.0. The first-order valence-corrected chi connectivity index (χ1v) is 8.38. The lowest BCUT2D eigenvalue weighted by Gasteiger charge is -2.02. The quantitative estimate of drug-likeness (QED) is 0.406. The van der Waals surface area contributed by atoms with Crippen LogP contribution in [0.25, 0.3) is 43.8 Å². The molecule has 0 aliphatic rings. The van der Waals surface area contributed by atoms with Gasteiger partial charge in [-0.25, -0.2) is 0 Å². The van der Waals surface area contributed by atoms with Gasteiger partial charge in [-0.3, -0.25) is 4.79 Å². The number of hydrogen-bond acceptors (Lipinski definition) is 3. The van der Waals surface area contributed by atoms with Crippen molar-refractivity contribution in [3.05, 3.63) is 78.4 Å². The van der Waals surface area contributed by atoms with Gasteiger partial charge in [0.2, 0.25) is 0 Å². The summed E-state index contributed by atoms with van der Waals surface area (Å²) < 4.78 is 6.15. The van der Waals surface area contributed by atoms with Crippen molar-refractivity contribution in [3.8, 4) is 17.1 Å². The summed E-state index contributed by atoms with van der Waals surface area (Å²) >= 11 is 0. The van der Waals surface area contributed by atoms with Crippen molar-refractivity contribution in [1.82, 2.24) is 0 Å². The van der Waals surface area contributed by atoms with Gasteiger partial charge in [0.15, 0.2) is 6.29 Å². The van der Waals surface area contributed by atoms with Crippen molar-refractivity contribution in [1.29, 1.82) is 0 Å². The molecule has 1 aromatic heterocycles. The summed E-state index contributed by atoms with van der Waals surface area (Å²) in [6.07, 6.45) is 0.796. The maximum absolute atomic E-state index is 11.8. The van der Waals surface area contributed by atoms with E-state index in [4.69, 9.17) is 4.42 Å². The standard InChI is InChI=1S/C23H14O3/c24-13-20-19-12-21(25)17-7-3-4-8-18(17)23(19)26-22(20)16-10-9-14-5-1-2-6-15(14)11-16/h1-13,25H. The molecule has 0 spiro atoms. The van der Waals surface area contributed by atoms with Crippen molar-refractivity contribution >= 4 is 38.8 Å².